The SMILES string of the molecule is CC(=O)/C=C(/C)O.Cc1cc2c(sc3ccccc32)c(C)c1-c1cc2ccc(-c3[c-]cccc3)nc2o1.[Ir]. The molecule has 3 heterocycles. The number of carbonyl (C=O) groups excluding carboxylic acids is 1. The number of ketones is 1. The Bertz CT molecular complexity index is 1790. The molecule has 193 valence electrons. The van der Waals surface area contributed by atoms with Crippen LogP contribution in [0.25, 0.3) is 53.9 Å². The molecule has 1 N–H and O–H groups in total. The van der Waals surface area contributed by atoms with Crippen molar-refractivity contribution in [3.05, 3.63) is 102 Å². The molecule has 0 spiro atoms. The summed E-state index contributed by atoms with van der Waals surface area (Å²) in [5.41, 5.74) is 6.16. The topological polar surface area (TPSA) is 63.3 Å². The van der Waals surface area contributed by atoms with Gasteiger partial charge in [0.05, 0.1) is 5.76 Å². The minimum Gasteiger partial charge on any atom is -0.512 e. The van der Waals surface area contributed by atoms with Gasteiger partial charge in [-0.1, -0.05) is 30.3 Å². The first-order valence-corrected chi connectivity index (χ1v) is 12.8. The van der Waals surface area contributed by atoms with Crippen LogP contribution in [-0.4, -0.2) is 15.9 Å². The molecule has 3 aromatic heterocycles. The Balaban J connectivity index is 0.000000375. The van der Waals surface area contributed by atoms with Gasteiger partial charge in [0.25, 0.3) is 0 Å². The smallest absolute Gasteiger partial charge is 0.217 e. The molecule has 0 saturated heterocycles. The van der Waals surface area contributed by atoms with Crippen LogP contribution in [0.5, 0.6) is 0 Å². The van der Waals surface area contributed by atoms with Crippen molar-refractivity contribution >= 4 is 48.4 Å². The minimum atomic E-state index is -0.125. The van der Waals surface area contributed by atoms with Crippen molar-refractivity contribution in [3.8, 4) is 22.6 Å². The number of nitrogens with zero attached hydrogens (tertiary/aromatic N) is 1. The number of thiophene rings is 1. The maximum Gasteiger partial charge on any atom is 0.217 e. The van der Waals surface area contributed by atoms with Gasteiger partial charge in [0.1, 0.15) is 5.76 Å². The molecule has 0 aliphatic carbocycles. The van der Waals surface area contributed by atoms with E-state index in [1.165, 1.54) is 56.8 Å². The zero-order valence-electron chi connectivity index (χ0n) is 21.5. The Morgan fingerprint density at radius 2 is 1.76 bits per heavy atom. The van der Waals surface area contributed by atoms with E-state index in [2.05, 4.69) is 62.4 Å². The number of fused-ring (bicyclic) bond motifs is 4. The fourth-order valence-corrected chi connectivity index (χ4v) is 5.79. The summed E-state index contributed by atoms with van der Waals surface area (Å²) in [5, 5.41) is 12.0. The largest absolute Gasteiger partial charge is 0.512 e. The monoisotopic (exact) mass is 697 g/mol. The number of pyridine rings is 1. The van der Waals surface area contributed by atoms with Gasteiger partial charge in [-0.3, -0.25) is 9.78 Å². The van der Waals surface area contributed by atoms with Crippen LogP contribution < -0.4 is 0 Å². The molecule has 38 heavy (non-hydrogen) atoms. The van der Waals surface area contributed by atoms with Crippen molar-refractivity contribution < 1.29 is 34.4 Å². The molecule has 0 fully saturated rings. The van der Waals surface area contributed by atoms with Crippen LogP contribution in [0.4, 0.5) is 0 Å². The van der Waals surface area contributed by atoms with E-state index in [0.29, 0.717) is 5.71 Å². The Morgan fingerprint density at radius 3 is 2.45 bits per heavy atom. The van der Waals surface area contributed by atoms with Gasteiger partial charge in [0, 0.05) is 57.3 Å². The molecular weight excluding hydrogens is 671 g/mol. The molecule has 0 unspecified atom stereocenters. The average Bonchev–Trinajstić information content (AvgIpc) is 3.45. The number of benzene rings is 3. The van der Waals surface area contributed by atoms with Crippen LogP contribution in [0.15, 0.2) is 89.0 Å². The van der Waals surface area contributed by atoms with E-state index < -0.39 is 0 Å². The van der Waals surface area contributed by atoms with Gasteiger partial charge in [-0.15, -0.1) is 47.2 Å². The van der Waals surface area contributed by atoms with Gasteiger partial charge in [0.15, 0.2) is 5.78 Å². The molecule has 0 amide bonds. The van der Waals surface area contributed by atoms with Gasteiger partial charge >= 0.3 is 0 Å². The summed E-state index contributed by atoms with van der Waals surface area (Å²) in [7, 11) is 0. The molecule has 6 rings (SSSR count). The fourth-order valence-electron chi connectivity index (χ4n) is 4.60. The summed E-state index contributed by atoms with van der Waals surface area (Å²) in [6, 6.07) is 28.2. The summed E-state index contributed by atoms with van der Waals surface area (Å²) in [5.74, 6) is 0.813. The third-order valence-electron chi connectivity index (χ3n) is 6.13. The van der Waals surface area contributed by atoms with Crippen LogP contribution in [0, 0.1) is 19.9 Å². The Hall–Kier alpha value is -3.57. The zero-order chi connectivity index (χ0) is 26.1. The van der Waals surface area contributed by atoms with Crippen LogP contribution in [-0.2, 0) is 24.9 Å². The van der Waals surface area contributed by atoms with Crippen molar-refractivity contribution in [1.82, 2.24) is 4.98 Å². The third kappa shape index (κ3) is 5.48. The number of carbonyl (C=O) groups is 1. The Labute approximate surface area is 239 Å². The standard InChI is InChI=1S/C27H18NOS.C5H8O2.Ir/c1-16-14-21-20-10-6-7-11-24(20)30-26(21)17(2)25(16)23-15-19-12-13-22(28-27(19)29-23)18-8-4-3-5-9-18;1-4(6)3-5(2)7;/h3-8,10-15H,1-2H3;3,6H,1-2H3;/q-1;;/b;4-3-;. The molecule has 0 saturated carbocycles. The van der Waals surface area contributed by atoms with Gasteiger partial charge in [-0.25, -0.2) is 0 Å². The van der Waals surface area contributed by atoms with Gasteiger partial charge in [-0.2, -0.15) is 0 Å². The molecule has 3 aromatic carbocycles. The van der Waals surface area contributed by atoms with Crippen LogP contribution in [0.3, 0.4) is 0 Å². The first-order valence-electron chi connectivity index (χ1n) is 12.0. The third-order valence-corrected chi connectivity index (χ3v) is 7.44. The number of hydrogen-bond acceptors (Lipinski definition) is 5. The second-order valence-corrected chi connectivity index (χ2v) is 10.1. The van der Waals surface area contributed by atoms with Crippen molar-refractivity contribution in [3.63, 3.8) is 0 Å². The summed E-state index contributed by atoms with van der Waals surface area (Å²) < 4.78 is 8.93. The predicted molar refractivity (Wildman–Crippen MR) is 153 cm³/mol. The molecule has 0 bridgehead atoms. The molecule has 0 aliphatic rings. The molecule has 6 heteroatoms. The van der Waals surface area contributed by atoms with E-state index >= 15 is 0 Å². The molecule has 4 nitrogen and oxygen atoms in total. The molecular formula is C32H26IrNO3S-. The quantitative estimate of drug-likeness (QED) is 0.114. The maximum absolute atomic E-state index is 10.0. The van der Waals surface area contributed by atoms with Gasteiger partial charge in [-0.05, 0) is 62.7 Å². The Kier molecular flexibility index (Phi) is 8.27. The summed E-state index contributed by atoms with van der Waals surface area (Å²) in [4.78, 5) is 14.8. The molecule has 1 radical (unpaired) electrons. The van der Waals surface area contributed by atoms with Crippen LogP contribution in [0.2, 0.25) is 0 Å². The van der Waals surface area contributed by atoms with Crippen molar-refractivity contribution in [2.24, 2.45) is 0 Å². The van der Waals surface area contributed by atoms with Crippen molar-refractivity contribution in [2.45, 2.75) is 27.7 Å². The number of furan rings is 1. The number of aryl methyl sites for hydroxylation is 2. The van der Waals surface area contributed by atoms with E-state index in [0.717, 1.165) is 22.4 Å². The van der Waals surface area contributed by atoms with E-state index in [1.54, 1.807) is 0 Å². The van der Waals surface area contributed by atoms with Gasteiger partial charge in [0.2, 0.25) is 5.71 Å². The number of aliphatic hydroxyl groups is 1. The van der Waals surface area contributed by atoms with E-state index in [-0.39, 0.29) is 31.6 Å². The second-order valence-electron chi connectivity index (χ2n) is 9.04. The van der Waals surface area contributed by atoms with Crippen LogP contribution >= 0.6 is 11.3 Å². The number of hydrogen-bond donors (Lipinski definition) is 1. The van der Waals surface area contributed by atoms with Gasteiger partial charge < -0.3 is 9.52 Å². The summed E-state index contributed by atoms with van der Waals surface area (Å²) in [6.45, 7) is 7.21. The maximum atomic E-state index is 10.0. The molecule has 0 atom stereocenters. The predicted octanol–water partition coefficient (Wildman–Crippen LogP) is 8.98. The first kappa shape index (κ1) is 27.5. The molecule has 6 aromatic rings. The number of aromatic nitrogens is 1. The number of allylic oxidation sites excluding steroid dienone is 2. The average molecular weight is 697 g/mol. The van der Waals surface area contributed by atoms with E-state index in [1.807, 2.05) is 41.7 Å². The summed E-state index contributed by atoms with van der Waals surface area (Å²) in [6.07, 6.45) is 1.17. The Morgan fingerprint density at radius 1 is 1.00 bits per heavy atom. The zero-order valence-corrected chi connectivity index (χ0v) is 24.7. The second kappa shape index (κ2) is 11.4. The van der Waals surface area contributed by atoms with Crippen molar-refractivity contribution in [1.29, 1.82) is 0 Å². The number of aliphatic hydroxyl groups excluding tert-OH is 1. The van der Waals surface area contributed by atoms with Crippen molar-refractivity contribution in [2.75, 3.05) is 0 Å². The van der Waals surface area contributed by atoms with Crippen LogP contribution in [0.1, 0.15) is 25.0 Å². The molecule has 0 aliphatic heterocycles. The fraction of sp³-hybridized carbons (Fsp3) is 0.125. The first-order chi connectivity index (χ1) is 17.8. The number of rotatable bonds is 3. The summed E-state index contributed by atoms with van der Waals surface area (Å²) >= 11 is 1.85. The van der Waals surface area contributed by atoms with E-state index in [4.69, 9.17) is 14.5 Å². The minimum absolute atomic E-state index is 0. The normalized spacial score (nSPS) is 11.3. The van der Waals surface area contributed by atoms with E-state index in [9.17, 15) is 4.79 Å².